The van der Waals surface area contributed by atoms with Crippen LogP contribution in [-0.2, 0) is 6.54 Å². The van der Waals surface area contributed by atoms with Crippen LogP contribution in [0, 0.1) is 6.92 Å². The van der Waals surface area contributed by atoms with Crippen molar-refractivity contribution < 1.29 is 4.79 Å². The van der Waals surface area contributed by atoms with Crippen molar-refractivity contribution in [1.82, 2.24) is 15.3 Å². The van der Waals surface area contributed by atoms with Crippen LogP contribution in [0.1, 0.15) is 21.9 Å². The SMILES string of the molecule is Cc1cc(N(C)C)nc(CNC(=O)c2ccc(N(C)C)cc2)n1. The smallest absolute Gasteiger partial charge is 0.251 e. The highest BCUT2D eigenvalue weighted by Gasteiger charge is 2.08. The third-order valence-corrected chi connectivity index (χ3v) is 3.40. The lowest BCUT2D eigenvalue weighted by Gasteiger charge is -2.14. The quantitative estimate of drug-likeness (QED) is 0.913. The summed E-state index contributed by atoms with van der Waals surface area (Å²) in [7, 11) is 7.78. The van der Waals surface area contributed by atoms with Gasteiger partial charge in [-0.1, -0.05) is 0 Å². The van der Waals surface area contributed by atoms with Crippen molar-refractivity contribution in [2.24, 2.45) is 0 Å². The van der Waals surface area contributed by atoms with E-state index in [1.807, 2.05) is 75.2 Å². The second kappa shape index (κ2) is 7.09. The predicted molar refractivity (Wildman–Crippen MR) is 93.0 cm³/mol. The predicted octanol–water partition coefficient (Wildman–Crippen LogP) is 1.85. The molecular weight excluding hydrogens is 290 g/mol. The fraction of sp³-hybridized carbons (Fsp3) is 0.353. The first-order chi connectivity index (χ1) is 10.9. The van der Waals surface area contributed by atoms with Gasteiger partial charge in [0.15, 0.2) is 0 Å². The van der Waals surface area contributed by atoms with Gasteiger partial charge in [-0.3, -0.25) is 4.79 Å². The molecule has 1 aromatic heterocycles. The van der Waals surface area contributed by atoms with E-state index in [1.165, 1.54) is 0 Å². The summed E-state index contributed by atoms with van der Waals surface area (Å²) in [6.45, 7) is 2.22. The molecule has 1 aromatic carbocycles. The summed E-state index contributed by atoms with van der Waals surface area (Å²) in [4.78, 5) is 24.9. The number of amides is 1. The zero-order valence-corrected chi connectivity index (χ0v) is 14.3. The van der Waals surface area contributed by atoms with Gasteiger partial charge in [-0.2, -0.15) is 0 Å². The first-order valence-electron chi connectivity index (χ1n) is 7.44. The Morgan fingerprint density at radius 2 is 1.70 bits per heavy atom. The van der Waals surface area contributed by atoms with Gasteiger partial charge >= 0.3 is 0 Å². The zero-order chi connectivity index (χ0) is 17.0. The molecule has 0 aliphatic heterocycles. The molecule has 6 nitrogen and oxygen atoms in total. The first-order valence-corrected chi connectivity index (χ1v) is 7.44. The summed E-state index contributed by atoms with van der Waals surface area (Å²) < 4.78 is 0. The Labute approximate surface area is 137 Å². The van der Waals surface area contributed by atoms with Crippen molar-refractivity contribution >= 4 is 17.4 Å². The molecule has 0 atom stereocenters. The van der Waals surface area contributed by atoms with Gasteiger partial charge in [0.05, 0.1) is 6.54 Å². The van der Waals surface area contributed by atoms with Gasteiger partial charge in [0, 0.05) is 51.2 Å². The lowest BCUT2D eigenvalue weighted by molar-refractivity contribution is 0.0950. The molecule has 0 aliphatic rings. The second-order valence-electron chi connectivity index (χ2n) is 5.80. The zero-order valence-electron chi connectivity index (χ0n) is 14.3. The Hall–Kier alpha value is -2.63. The van der Waals surface area contributed by atoms with E-state index in [-0.39, 0.29) is 5.91 Å². The van der Waals surface area contributed by atoms with Gasteiger partial charge in [0.25, 0.3) is 5.91 Å². The maximum absolute atomic E-state index is 12.2. The third-order valence-electron chi connectivity index (χ3n) is 3.40. The van der Waals surface area contributed by atoms with Crippen LogP contribution in [-0.4, -0.2) is 44.1 Å². The number of nitrogens with zero attached hydrogens (tertiary/aromatic N) is 4. The summed E-state index contributed by atoms with van der Waals surface area (Å²) in [6, 6.07) is 9.37. The van der Waals surface area contributed by atoms with Crippen molar-refractivity contribution in [3.8, 4) is 0 Å². The van der Waals surface area contributed by atoms with Gasteiger partial charge < -0.3 is 15.1 Å². The summed E-state index contributed by atoms with van der Waals surface area (Å²) in [6.07, 6.45) is 0. The van der Waals surface area contributed by atoms with E-state index in [1.54, 1.807) is 0 Å². The Morgan fingerprint density at radius 3 is 2.26 bits per heavy atom. The Balaban J connectivity index is 2.04. The topological polar surface area (TPSA) is 61.4 Å². The molecule has 0 fully saturated rings. The Bertz CT molecular complexity index is 680. The van der Waals surface area contributed by atoms with Crippen molar-refractivity contribution in [2.75, 3.05) is 38.0 Å². The molecule has 1 amide bonds. The molecule has 0 saturated heterocycles. The van der Waals surface area contributed by atoms with E-state index in [0.29, 0.717) is 17.9 Å². The summed E-state index contributed by atoms with van der Waals surface area (Å²) in [5.74, 6) is 1.30. The number of benzene rings is 1. The van der Waals surface area contributed by atoms with Gasteiger partial charge in [0.2, 0.25) is 0 Å². The molecule has 0 saturated carbocycles. The minimum atomic E-state index is -0.133. The van der Waals surface area contributed by atoms with Crippen LogP contribution in [0.25, 0.3) is 0 Å². The van der Waals surface area contributed by atoms with Crippen LogP contribution < -0.4 is 15.1 Å². The minimum absolute atomic E-state index is 0.133. The fourth-order valence-corrected chi connectivity index (χ4v) is 2.09. The number of carbonyl (C=O) groups excluding carboxylic acids is 1. The molecule has 0 radical (unpaired) electrons. The van der Waals surface area contributed by atoms with Crippen molar-refractivity contribution in [2.45, 2.75) is 13.5 Å². The molecule has 0 bridgehead atoms. The number of carbonyl (C=O) groups is 1. The number of nitrogens with one attached hydrogen (secondary N) is 1. The minimum Gasteiger partial charge on any atom is -0.378 e. The number of aryl methyl sites for hydroxylation is 1. The Morgan fingerprint density at radius 1 is 1.04 bits per heavy atom. The molecular formula is C17H23N5O. The monoisotopic (exact) mass is 313 g/mol. The highest BCUT2D eigenvalue weighted by Crippen LogP contribution is 2.12. The van der Waals surface area contributed by atoms with Gasteiger partial charge in [-0.15, -0.1) is 0 Å². The van der Waals surface area contributed by atoms with E-state index in [2.05, 4.69) is 15.3 Å². The molecule has 2 aromatic rings. The fourth-order valence-electron chi connectivity index (χ4n) is 2.09. The lowest BCUT2D eigenvalue weighted by atomic mass is 10.2. The summed E-state index contributed by atoms with van der Waals surface area (Å²) >= 11 is 0. The Kier molecular flexibility index (Phi) is 5.16. The second-order valence-corrected chi connectivity index (χ2v) is 5.80. The molecule has 0 aliphatic carbocycles. The molecule has 0 unspecified atom stereocenters. The van der Waals surface area contributed by atoms with E-state index in [4.69, 9.17) is 0 Å². The highest BCUT2D eigenvalue weighted by atomic mass is 16.1. The first kappa shape index (κ1) is 16.7. The lowest BCUT2D eigenvalue weighted by Crippen LogP contribution is -2.24. The molecule has 0 spiro atoms. The van der Waals surface area contributed by atoms with Gasteiger partial charge in [-0.05, 0) is 31.2 Å². The molecule has 6 heteroatoms. The van der Waals surface area contributed by atoms with Crippen LogP contribution in [0.3, 0.4) is 0 Å². The average Bonchev–Trinajstić information content (AvgIpc) is 2.52. The normalized spacial score (nSPS) is 10.3. The van der Waals surface area contributed by atoms with Gasteiger partial charge in [-0.25, -0.2) is 9.97 Å². The summed E-state index contributed by atoms with van der Waals surface area (Å²) in [5, 5.41) is 2.86. The largest absolute Gasteiger partial charge is 0.378 e. The van der Waals surface area contributed by atoms with Crippen LogP contribution >= 0.6 is 0 Å². The molecule has 1 N–H and O–H groups in total. The van der Waals surface area contributed by atoms with Crippen LogP contribution in [0.15, 0.2) is 30.3 Å². The van der Waals surface area contributed by atoms with E-state index in [9.17, 15) is 4.79 Å². The maximum Gasteiger partial charge on any atom is 0.251 e. The van der Waals surface area contributed by atoms with E-state index >= 15 is 0 Å². The molecule has 23 heavy (non-hydrogen) atoms. The highest BCUT2D eigenvalue weighted by molar-refractivity contribution is 5.94. The van der Waals surface area contributed by atoms with Gasteiger partial charge in [0.1, 0.15) is 11.6 Å². The summed E-state index contributed by atoms with van der Waals surface area (Å²) in [5.41, 5.74) is 2.55. The van der Waals surface area contributed by atoms with Crippen LogP contribution in [0.2, 0.25) is 0 Å². The molecule has 122 valence electrons. The van der Waals surface area contributed by atoms with Crippen molar-refractivity contribution in [3.05, 3.63) is 47.4 Å². The molecule has 2 rings (SSSR count). The van der Waals surface area contributed by atoms with Crippen LogP contribution in [0.5, 0.6) is 0 Å². The number of anilines is 2. The number of hydrogen-bond acceptors (Lipinski definition) is 5. The molecule has 1 heterocycles. The number of aromatic nitrogens is 2. The van der Waals surface area contributed by atoms with Crippen LogP contribution in [0.4, 0.5) is 11.5 Å². The maximum atomic E-state index is 12.2. The van der Waals surface area contributed by atoms with Crippen molar-refractivity contribution in [3.63, 3.8) is 0 Å². The third kappa shape index (κ3) is 4.42. The average molecular weight is 313 g/mol. The van der Waals surface area contributed by atoms with E-state index < -0.39 is 0 Å². The van der Waals surface area contributed by atoms with E-state index in [0.717, 1.165) is 17.2 Å². The number of rotatable bonds is 5. The number of hydrogen-bond donors (Lipinski definition) is 1. The standard InChI is InChI=1S/C17H23N5O/c1-12-10-16(22(4)5)20-15(19-12)11-18-17(23)13-6-8-14(9-7-13)21(2)3/h6-10H,11H2,1-5H3,(H,18,23). The van der Waals surface area contributed by atoms with Crippen molar-refractivity contribution in [1.29, 1.82) is 0 Å².